The molecule has 2 heterocycles. The van der Waals surface area contributed by atoms with Crippen molar-refractivity contribution in [2.75, 3.05) is 21.3 Å². The topological polar surface area (TPSA) is 117 Å². The average molecular weight is 452 g/mol. The first-order valence-corrected chi connectivity index (χ1v) is 10.2. The molecule has 2 atom stereocenters. The molecule has 0 fully saturated rings. The number of aliphatic hydroxyl groups excluding tert-OH is 1. The largest absolute Gasteiger partial charge is 0.506 e. The summed E-state index contributed by atoms with van der Waals surface area (Å²) in [6.07, 6.45) is 0.634. The van der Waals surface area contributed by atoms with Gasteiger partial charge in [0.25, 0.3) is 0 Å². The number of carbonyl (C=O) groups excluding carboxylic acids is 1. The lowest BCUT2D eigenvalue weighted by atomic mass is 9.98. The predicted molar refractivity (Wildman–Crippen MR) is 117 cm³/mol. The Balaban J connectivity index is 1.56. The third kappa shape index (κ3) is 4.46. The number of ether oxygens (including phenoxy) is 3. The monoisotopic (exact) mass is 452 g/mol. The Morgan fingerprint density at radius 3 is 2.45 bits per heavy atom. The molecule has 0 spiro atoms. The van der Waals surface area contributed by atoms with Crippen molar-refractivity contribution in [3.8, 4) is 11.5 Å². The van der Waals surface area contributed by atoms with Gasteiger partial charge in [-0.1, -0.05) is 12.1 Å². The lowest BCUT2D eigenvalue weighted by Gasteiger charge is -2.22. The van der Waals surface area contributed by atoms with Crippen molar-refractivity contribution in [2.24, 2.45) is 0 Å². The van der Waals surface area contributed by atoms with Crippen LogP contribution in [0.1, 0.15) is 40.3 Å². The second-order valence-corrected chi connectivity index (χ2v) is 7.44. The zero-order chi connectivity index (χ0) is 23.5. The van der Waals surface area contributed by atoms with Gasteiger partial charge < -0.3 is 28.2 Å². The number of hydrogen-bond acceptors (Lipinski definition) is 9. The van der Waals surface area contributed by atoms with Crippen LogP contribution in [0.25, 0.3) is 17.0 Å². The number of aliphatic hydroxyl groups is 1. The van der Waals surface area contributed by atoms with Gasteiger partial charge in [-0.2, -0.15) is 0 Å². The molecule has 1 aliphatic carbocycles. The van der Waals surface area contributed by atoms with E-state index in [4.69, 9.17) is 23.0 Å². The van der Waals surface area contributed by atoms with Crippen LogP contribution in [0.15, 0.2) is 62.8 Å². The maximum absolute atomic E-state index is 13.1. The molecule has 172 valence electrons. The number of allylic oxidation sites excluding steroid dienone is 1. The van der Waals surface area contributed by atoms with E-state index in [1.165, 1.54) is 21.3 Å². The summed E-state index contributed by atoms with van der Waals surface area (Å²) >= 11 is 0. The minimum absolute atomic E-state index is 0.0187. The number of aryl methyl sites for hydroxylation is 1. The Kier molecular flexibility index (Phi) is 6.43. The minimum Gasteiger partial charge on any atom is -0.506 e. The van der Waals surface area contributed by atoms with Gasteiger partial charge in [-0.25, -0.2) is 0 Å². The summed E-state index contributed by atoms with van der Waals surface area (Å²) < 4.78 is 27.3. The molecule has 2 unspecified atom stereocenters. The van der Waals surface area contributed by atoms with Gasteiger partial charge in [0.15, 0.2) is 17.3 Å². The summed E-state index contributed by atoms with van der Waals surface area (Å²) in [5.74, 6) is 1.50. The van der Waals surface area contributed by atoms with E-state index in [0.29, 0.717) is 35.3 Å². The fraction of sp³-hybridized carbons (Fsp3) is 0.292. The Hall–Kier alpha value is -3.69. The molecule has 0 saturated heterocycles. The molecule has 0 saturated carbocycles. The van der Waals surface area contributed by atoms with Gasteiger partial charge in [0.05, 0.1) is 7.11 Å². The van der Waals surface area contributed by atoms with E-state index in [2.05, 4.69) is 10.2 Å². The smallest absolute Gasteiger partial charge is 0.247 e. The Morgan fingerprint density at radius 1 is 1.09 bits per heavy atom. The van der Waals surface area contributed by atoms with E-state index in [1.54, 1.807) is 49.4 Å². The number of nitrogens with zero attached hydrogens (tertiary/aromatic N) is 2. The molecule has 0 radical (unpaired) electrons. The molecule has 4 rings (SSSR count). The van der Waals surface area contributed by atoms with Crippen molar-refractivity contribution in [1.29, 1.82) is 0 Å². The number of benzene rings is 1. The van der Waals surface area contributed by atoms with Crippen molar-refractivity contribution in [2.45, 2.75) is 25.6 Å². The molecule has 2 aromatic heterocycles. The second-order valence-electron chi connectivity index (χ2n) is 7.44. The highest BCUT2D eigenvalue weighted by molar-refractivity contribution is 5.98. The average Bonchev–Trinajstić information content (AvgIpc) is 3.50. The Morgan fingerprint density at radius 2 is 1.85 bits per heavy atom. The number of Topliss-reactive ketones (excluding diaryl/α,β-unsaturated/α-hetero) is 1. The normalized spacial score (nSPS) is 17.1. The van der Waals surface area contributed by atoms with Crippen LogP contribution < -0.4 is 0 Å². The summed E-state index contributed by atoms with van der Waals surface area (Å²) in [4.78, 5) is 13.1. The number of hydrogen-bond donors (Lipinski definition) is 1. The first kappa shape index (κ1) is 22.5. The Bertz CT molecular complexity index is 1200. The van der Waals surface area contributed by atoms with Gasteiger partial charge in [0.2, 0.25) is 17.6 Å². The highest BCUT2D eigenvalue weighted by atomic mass is 16.5. The first-order valence-electron chi connectivity index (χ1n) is 10.2. The van der Waals surface area contributed by atoms with Crippen molar-refractivity contribution >= 4 is 11.4 Å². The third-order valence-corrected chi connectivity index (χ3v) is 5.40. The van der Waals surface area contributed by atoms with Crippen LogP contribution in [0.2, 0.25) is 0 Å². The standard InChI is InChI=1S/C24H24N2O7/c1-13-25-26-24(32-13)15-7-5-14(6-8-15)23(31-4)22(28)18-10-9-17(33-18)16-11-19(29-2)21(27)20(12-16)30-3/h5-11,20,23,27H,12H2,1-4H3. The van der Waals surface area contributed by atoms with Crippen LogP contribution in [-0.4, -0.2) is 48.5 Å². The van der Waals surface area contributed by atoms with E-state index in [-0.39, 0.29) is 17.3 Å². The van der Waals surface area contributed by atoms with Crippen molar-refractivity contribution < 1.29 is 32.9 Å². The summed E-state index contributed by atoms with van der Waals surface area (Å²) in [5.41, 5.74) is 2.14. The molecule has 9 nitrogen and oxygen atoms in total. The lowest BCUT2D eigenvalue weighted by molar-refractivity contribution is 0.0575. The van der Waals surface area contributed by atoms with Crippen molar-refractivity contribution in [3.63, 3.8) is 0 Å². The van der Waals surface area contributed by atoms with Crippen LogP contribution in [0.5, 0.6) is 0 Å². The maximum atomic E-state index is 13.1. The fourth-order valence-corrected chi connectivity index (χ4v) is 3.66. The molecule has 0 amide bonds. The molecule has 0 bridgehead atoms. The van der Waals surface area contributed by atoms with Crippen LogP contribution >= 0.6 is 0 Å². The number of carbonyl (C=O) groups is 1. The zero-order valence-corrected chi connectivity index (χ0v) is 18.7. The molecule has 1 aliphatic rings. The van der Waals surface area contributed by atoms with Crippen LogP contribution in [0.3, 0.4) is 0 Å². The third-order valence-electron chi connectivity index (χ3n) is 5.40. The maximum Gasteiger partial charge on any atom is 0.247 e. The molecule has 1 aromatic carbocycles. The summed E-state index contributed by atoms with van der Waals surface area (Å²) in [5, 5.41) is 18.0. The van der Waals surface area contributed by atoms with Crippen molar-refractivity contribution in [1.82, 2.24) is 10.2 Å². The summed E-state index contributed by atoms with van der Waals surface area (Å²) in [6, 6.07) is 10.4. The van der Waals surface area contributed by atoms with Crippen molar-refractivity contribution in [3.05, 3.63) is 77.0 Å². The summed E-state index contributed by atoms with van der Waals surface area (Å²) in [6.45, 7) is 1.72. The van der Waals surface area contributed by atoms with E-state index in [1.807, 2.05) is 0 Å². The molecular weight excluding hydrogens is 428 g/mol. The first-order chi connectivity index (χ1) is 15.9. The van der Waals surface area contributed by atoms with Crippen LogP contribution in [0.4, 0.5) is 0 Å². The number of methoxy groups -OCH3 is 3. The number of rotatable bonds is 8. The molecule has 33 heavy (non-hydrogen) atoms. The quantitative estimate of drug-likeness (QED) is 0.495. The van der Waals surface area contributed by atoms with Crippen LogP contribution in [0, 0.1) is 6.92 Å². The highest BCUT2D eigenvalue weighted by Crippen LogP contribution is 2.33. The molecule has 3 aromatic rings. The van der Waals surface area contributed by atoms with Gasteiger partial charge in [0.1, 0.15) is 18.0 Å². The fourth-order valence-electron chi connectivity index (χ4n) is 3.66. The number of furan rings is 1. The number of ketones is 1. The molecular formula is C24H24N2O7. The summed E-state index contributed by atoms with van der Waals surface area (Å²) in [7, 11) is 4.43. The molecule has 0 aliphatic heterocycles. The zero-order valence-electron chi connectivity index (χ0n) is 18.7. The van der Waals surface area contributed by atoms with Gasteiger partial charge in [-0.3, -0.25) is 4.79 Å². The predicted octanol–water partition coefficient (Wildman–Crippen LogP) is 4.43. The van der Waals surface area contributed by atoms with Gasteiger partial charge in [-0.15, -0.1) is 10.2 Å². The van der Waals surface area contributed by atoms with E-state index < -0.39 is 12.2 Å². The van der Waals surface area contributed by atoms with Gasteiger partial charge in [-0.05, 0) is 35.9 Å². The Labute approximate surface area is 190 Å². The number of aromatic nitrogens is 2. The minimum atomic E-state index is -0.854. The molecule has 1 N–H and O–H groups in total. The lowest BCUT2D eigenvalue weighted by Crippen LogP contribution is -2.19. The van der Waals surface area contributed by atoms with E-state index in [0.717, 1.165) is 11.1 Å². The molecule has 9 heteroatoms. The second kappa shape index (κ2) is 9.43. The SMILES string of the molecule is COC1=C(O)C(OC)CC(c2ccc(C(=O)C(OC)c3ccc(-c4nnc(C)o4)cc3)o2)=C1. The van der Waals surface area contributed by atoms with Gasteiger partial charge >= 0.3 is 0 Å². The van der Waals surface area contributed by atoms with E-state index in [9.17, 15) is 9.90 Å². The highest BCUT2D eigenvalue weighted by Gasteiger charge is 2.29. The van der Waals surface area contributed by atoms with Crippen LogP contribution in [-0.2, 0) is 14.2 Å². The van der Waals surface area contributed by atoms with Gasteiger partial charge in [0, 0.05) is 38.7 Å². The van der Waals surface area contributed by atoms with E-state index >= 15 is 0 Å².